The molecule has 3 rings (SSSR count). The van der Waals surface area contributed by atoms with E-state index in [4.69, 9.17) is 14.0 Å². The van der Waals surface area contributed by atoms with Crippen LogP contribution in [0, 0.1) is 0 Å². The minimum absolute atomic E-state index is 0.533. The first-order chi connectivity index (χ1) is 13.5. The lowest BCUT2D eigenvalue weighted by molar-refractivity contribution is 0.261. The fourth-order valence-electron chi connectivity index (χ4n) is 3.02. The Morgan fingerprint density at radius 3 is 2.32 bits per heavy atom. The second kappa shape index (κ2) is 8.89. The zero-order valence-electron chi connectivity index (χ0n) is 17.1. The molecule has 6 nitrogen and oxygen atoms in total. The number of rotatable bonds is 8. The molecule has 28 heavy (non-hydrogen) atoms. The van der Waals surface area contributed by atoms with Crippen LogP contribution in [-0.2, 0) is 13.1 Å². The second-order valence-corrected chi connectivity index (χ2v) is 7.15. The van der Waals surface area contributed by atoms with Crippen LogP contribution < -0.4 is 9.47 Å². The molecular formula is C22H27N3O3. The van der Waals surface area contributed by atoms with Gasteiger partial charge in [0.1, 0.15) is 0 Å². The maximum Gasteiger partial charge on any atom is 0.241 e. The molecule has 3 aromatic rings. The van der Waals surface area contributed by atoms with Gasteiger partial charge in [0, 0.05) is 12.1 Å². The third-order valence-corrected chi connectivity index (χ3v) is 4.61. The third kappa shape index (κ3) is 4.70. The van der Waals surface area contributed by atoms with Crippen molar-refractivity contribution in [3.63, 3.8) is 0 Å². The van der Waals surface area contributed by atoms with Crippen molar-refractivity contribution in [1.82, 2.24) is 15.0 Å². The molecule has 6 heteroatoms. The summed E-state index contributed by atoms with van der Waals surface area (Å²) in [5.74, 6) is 2.95. The molecule has 0 spiro atoms. The molecule has 0 radical (unpaired) electrons. The van der Waals surface area contributed by atoms with Gasteiger partial charge in [-0.3, -0.25) is 4.90 Å². The maximum atomic E-state index is 5.43. The van der Waals surface area contributed by atoms with E-state index in [2.05, 4.69) is 53.2 Å². The Morgan fingerprint density at radius 1 is 0.964 bits per heavy atom. The summed E-state index contributed by atoms with van der Waals surface area (Å²) < 4.78 is 16.0. The molecule has 0 saturated carbocycles. The molecule has 148 valence electrons. The number of ether oxygens (including phenoxy) is 2. The van der Waals surface area contributed by atoms with Gasteiger partial charge in [-0.2, -0.15) is 4.98 Å². The minimum atomic E-state index is 0.533. The topological polar surface area (TPSA) is 60.6 Å². The Labute approximate surface area is 166 Å². The summed E-state index contributed by atoms with van der Waals surface area (Å²) in [5.41, 5.74) is 3.42. The van der Waals surface area contributed by atoms with Crippen molar-refractivity contribution in [3.05, 3.63) is 59.5 Å². The van der Waals surface area contributed by atoms with E-state index in [9.17, 15) is 0 Å². The molecule has 0 amide bonds. The standard InChI is InChI=1S/C22H27N3O3/c1-15(2)17-8-6-16(7-9-17)13-25(3)14-21-23-22(24-28-21)18-10-11-19(26-4)20(12-18)27-5/h6-12,15H,13-14H2,1-5H3. The van der Waals surface area contributed by atoms with E-state index in [1.54, 1.807) is 14.2 Å². The van der Waals surface area contributed by atoms with Crippen LogP contribution in [0.5, 0.6) is 11.5 Å². The lowest BCUT2D eigenvalue weighted by Gasteiger charge is -2.15. The van der Waals surface area contributed by atoms with Crippen LogP contribution in [0.2, 0.25) is 0 Å². The quantitative estimate of drug-likeness (QED) is 0.572. The average Bonchev–Trinajstić information content (AvgIpc) is 3.16. The lowest BCUT2D eigenvalue weighted by Crippen LogP contribution is -2.17. The van der Waals surface area contributed by atoms with Gasteiger partial charge >= 0.3 is 0 Å². The zero-order valence-corrected chi connectivity index (χ0v) is 17.1. The van der Waals surface area contributed by atoms with Crippen molar-refractivity contribution in [2.45, 2.75) is 32.9 Å². The van der Waals surface area contributed by atoms with Gasteiger partial charge in [-0.05, 0) is 42.3 Å². The van der Waals surface area contributed by atoms with E-state index in [0.29, 0.717) is 35.7 Å². The smallest absolute Gasteiger partial charge is 0.241 e. The van der Waals surface area contributed by atoms with E-state index in [1.165, 1.54) is 11.1 Å². The molecule has 0 aliphatic heterocycles. The van der Waals surface area contributed by atoms with Crippen LogP contribution in [0.3, 0.4) is 0 Å². The normalized spacial score (nSPS) is 11.2. The third-order valence-electron chi connectivity index (χ3n) is 4.61. The number of hydrogen-bond acceptors (Lipinski definition) is 6. The monoisotopic (exact) mass is 381 g/mol. The lowest BCUT2D eigenvalue weighted by atomic mass is 10.0. The number of nitrogens with zero attached hydrogens (tertiary/aromatic N) is 3. The largest absolute Gasteiger partial charge is 0.493 e. The van der Waals surface area contributed by atoms with Crippen LogP contribution >= 0.6 is 0 Å². The average molecular weight is 381 g/mol. The molecular weight excluding hydrogens is 354 g/mol. The first kappa shape index (κ1) is 19.9. The fourth-order valence-corrected chi connectivity index (χ4v) is 3.02. The van der Waals surface area contributed by atoms with Gasteiger partial charge in [-0.25, -0.2) is 0 Å². The van der Waals surface area contributed by atoms with E-state index < -0.39 is 0 Å². The number of methoxy groups -OCH3 is 2. The van der Waals surface area contributed by atoms with Crippen LogP contribution in [0.25, 0.3) is 11.4 Å². The Morgan fingerprint density at radius 2 is 1.68 bits per heavy atom. The highest BCUT2D eigenvalue weighted by Gasteiger charge is 2.13. The highest BCUT2D eigenvalue weighted by Crippen LogP contribution is 2.31. The van der Waals surface area contributed by atoms with Gasteiger partial charge in [-0.15, -0.1) is 0 Å². The molecule has 0 bridgehead atoms. The van der Waals surface area contributed by atoms with Crippen LogP contribution in [0.4, 0.5) is 0 Å². The molecule has 0 atom stereocenters. The van der Waals surface area contributed by atoms with Gasteiger partial charge in [-0.1, -0.05) is 43.3 Å². The first-order valence-electron chi connectivity index (χ1n) is 9.32. The van der Waals surface area contributed by atoms with Crippen LogP contribution in [-0.4, -0.2) is 36.3 Å². The Hall–Kier alpha value is -2.86. The van der Waals surface area contributed by atoms with E-state index in [-0.39, 0.29) is 0 Å². The summed E-state index contributed by atoms with van der Waals surface area (Å²) in [4.78, 5) is 6.66. The second-order valence-electron chi connectivity index (χ2n) is 7.15. The molecule has 0 aliphatic carbocycles. The minimum Gasteiger partial charge on any atom is -0.493 e. The highest BCUT2D eigenvalue weighted by molar-refractivity contribution is 5.60. The van der Waals surface area contributed by atoms with Crippen LogP contribution in [0.15, 0.2) is 47.0 Å². The summed E-state index contributed by atoms with van der Waals surface area (Å²) in [5, 5.41) is 4.10. The zero-order chi connectivity index (χ0) is 20.1. The van der Waals surface area contributed by atoms with Gasteiger partial charge < -0.3 is 14.0 Å². The van der Waals surface area contributed by atoms with Gasteiger partial charge in [0.05, 0.1) is 20.8 Å². The predicted octanol–water partition coefficient (Wildman–Crippen LogP) is 4.51. The van der Waals surface area contributed by atoms with E-state index in [0.717, 1.165) is 12.1 Å². The molecule has 0 N–H and O–H groups in total. The maximum absolute atomic E-state index is 5.43. The van der Waals surface area contributed by atoms with Gasteiger partial charge in [0.25, 0.3) is 0 Å². The summed E-state index contributed by atoms with van der Waals surface area (Å²) in [6.45, 7) is 5.79. The highest BCUT2D eigenvalue weighted by atomic mass is 16.5. The summed E-state index contributed by atoms with van der Waals surface area (Å²) in [6.07, 6.45) is 0. The Balaban J connectivity index is 1.65. The number of benzene rings is 2. The molecule has 1 heterocycles. The molecule has 1 aromatic heterocycles. The van der Waals surface area contributed by atoms with Crippen molar-refractivity contribution < 1.29 is 14.0 Å². The number of aromatic nitrogens is 2. The summed E-state index contributed by atoms with van der Waals surface area (Å²) in [6, 6.07) is 14.3. The van der Waals surface area contributed by atoms with Crippen molar-refractivity contribution in [2.75, 3.05) is 21.3 Å². The summed E-state index contributed by atoms with van der Waals surface area (Å²) in [7, 11) is 5.25. The van der Waals surface area contributed by atoms with Crippen LogP contribution in [0.1, 0.15) is 36.8 Å². The molecule has 0 saturated heterocycles. The van der Waals surface area contributed by atoms with Gasteiger partial charge in [0.2, 0.25) is 11.7 Å². The predicted molar refractivity (Wildman–Crippen MR) is 109 cm³/mol. The van der Waals surface area contributed by atoms with E-state index in [1.807, 2.05) is 25.2 Å². The number of hydrogen-bond donors (Lipinski definition) is 0. The van der Waals surface area contributed by atoms with Crippen molar-refractivity contribution in [1.29, 1.82) is 0 Å². The first-order valence-corrected chi connectivity index (χ1v) is 9.32. The van der Waals surface area contributed by atoms with Crippen molar-refractivity contribution in [3.8, 4) is 22.9 Å². The molecule has 0 unspecified atom stereocenters. The Bertz CT molecular complexity index is 904. The van der Waals surface area contributed by atoms with E-state index >= 15 is 0 Å². The van der Waals surface area contributed by atoms with Crippen molar-refractivity contribution >= 4 is 0 Å². The SMILES string of the molecule is COc1ccc(-c2noc(CN(C)Cc3ccc(C(C)C)cc3)n2)cc1OC. The fraction of sp³-hybridized carbons (Fsp3) is 0.364. The molecule has 0 aliphatic rings. The Kier molecular flexibility index (Phi) is 6.31. The summed E-state index contributed by atoms with van der Waals surface area (Å²) >= 11 is 0. The van der Waals surface area contributed by atoms with Gasteiger partial charge in [0.15, 0.2) is 11.5 Å². The molecule has 0 fully saturated rings. The van der Waals surface area contributed by atoms with Crippen molar-refractivity contribution in [2.24, 2.45) is 0 Å². The molecule has 2 aromatic carbocycles.